The lowest BCUT2D eigenvalue weighted by Gasteiger charge is -2.15. The molecular formula is C12H12Cl2F3NO. The van der Waals surface area contributed by atoms with Crippen molar-refractivity contribution in [1.82, 2.24) is 5.32 Å². The number of hydrogen-bond donors (Lipinski definition) is 1. The Hall–Kier alpha value is -0.910. The van der Waals surface area contributed by atoms with E-state index in [-0.39, 0.29) is 17.4 Å². The Labute approximate surface area is 119 Å². The fourth-order valence-electron chi connectivity index (χ4n) is 1.42. The maximum Gasteiger partial charge on any atom is 0.419 e. The average molecular weight is 314 g/mol. The first-order valence-electron chi connectivity index (χ1n) is 5.30. The highest BCUT2D eigenvalue weighted by molar-refractivity contribution is 6.36. The van der Waals surface area contributed by atoms with Gasteiger partial charge in [0.05, 0.1) is 10.6 Å². The Morgan fingerprint density at radius 1 is 1.42 bits per heavy atom. The summed E-state index contributed by atoms with van der Waals surface area (Å²) in [6.45, 7) is 0.130. The first kappa shape index (κ1) is 16.1. The summed E-state index contributed by atoms with van der Waals surface area (Å²) in [5.74, 6) is -0.274. The summed E-state index contributed by atoms with van der Waals surface area (Å²) in [5, 5.41) is 2.91. The van der Waals surface area contributed by atoms with Crippen LogP contribution in [0.4, 0.5) is 13.2 Å². The van der Waals surface area contributed by atoms with Crippen LogP contribution in [0.5, 0.6) is 5.75 Å². The van der Waals surface area contributed by atoms with Crippen molar-refractivity contribution in [2.24, 2.45) is 0 Å². The van der Waals surface area contributed by atoms with Crippen molar-refractivity contribution in [3.8, 4) is 5.75 Å². The minimum Gasteiger partial charge on any atom is -0.487 e. The molecule has 0 amide bonds. The van der Waals surface area contributed by atoms with Gasteiger partial charge in [-0.2, -0.15) is 13.2 Å². The summed E-state index contributed by atoms with van der Waals surface area (Å²) >= 11 is 10.9. The number of rotatable bonds is 5. The van der Waals surface area contributed by atoms with Gasteiger partial charge in [0.2, 0.25) is 0 Å². The van der Waals surface area contributed by atoms with Crippen molar-refractivity contribution < 1.29 is 17.9 Å². The van der Waals surface area contributed by atoms with Gasteiger partial charge in [-0.3, -0.25) is 0 Å². The van der Waals surface area contributed by atoms with Crippen molar-refractivity contribution in [1.29, 1.82) is 0 Å². The van der Waals surface area contributed by atoms with E-state index in [0.29, 0.717) is 12.1 Å². The molecule has 1 aromatic carbocycles. The fourth-order valence-corrected chi connectivity index (χ4v) is 1.53. The molecule has 0 aromatic heterocycles. The summed E-state index contributed by atoms with van der Waals surface area (Å²) in [5.41, 5.74) is 0.727. The number of benzene rings is 1. The third-order valence-corrected chi connectivity index (χ3v) is 2.81. The van der Waals surface area contributed by atoms with Crippen molar-refractivity contribution in [2.75, 3.05) is 13.7 Å². The second kappa shape index (κ2) is 7.03. The number of nitrogens with one attached hydrogen (secondary N) is 1. The number of hydrogen-bond acceptors (Lipinski definition) is 2. The standard InChI is InChI=1S/C12H12Cl2F3NO/c1-18-6-8-2-3-11(19-7-9(14)5-13)10(4-8)12(15,16)17/h2-5,18H,6-7H2,1H3. The molecule has 0 aliphatic carbocycles. The van der Waals surface area contributed by atoms with Gasteiger partial charge < -0.3 is 10.1 Å². The van der Waals surface area contributed by atoms with Crippen molar-refractivity contribution in [3.05, 3.63) is 39.9 Å². The van der Waals surface area contributed by atoms with E-state index in [1.165, 1.54) is 6.07 Å². The molecule has 106 valence electrons. The highest BCUT2D eigenvalue weighted by atomic mass is 35.5. The van der Waals surface area contributed by atoms with Crippen LogP contribution in [0.25, 0.3) is 0 Å². The Morgan fingerprint density at radius 2 is 2.11 bits per heavy atom. The summed E-state index contributed by atoms with van der Waals surface area (Å²) < 4.78 is 43.7. The molecule has 2 nitrogen and oxygen atoms in total. The van der Waals surface area contributed by atoms with Gasteiger partial charge in [0, 0.05) is 12.1 Å². The van der Waals surface area contributed by atoms with E-state index in [2.05, 4.69) is 5.32 Å². The molecule has 0 saturated carbocycles. The van der Waals surface area contributed by atoms with Crippen LogP contribution < -0.4 is 10.1 Å². The van der Waals surface area contributed by atoms with Gasteiger partial charge in [-0.05, 0) is 24.7 Å². The van der Waals surface area contributed by atoms with Gasteiger partial charge >= 0.3 is 6.18 Å². The molecular weight excluding hydrogens is 302 g/mol. The predicted octanol–water partition coefficient (Wildman–Crippen LogP) is 4.12. The molecule has 0 unspecified atom stereocenters. The molecule has 1 rings (SSSR count). The van der Waals surface area contributed by atoms with E-state index in [4.69, 9.17) is 27.9 Å². The SMILES string of the molecule is CNCc1ccc(OCC(Cl)=CCl)c(C(F)(F)F)c1. The topological polar surface area (TPSA) is 21.3 Å². The van der Waals surface area contributed by atoms with Gasteiger partial charge in [0.15, 0.2) is 0 Å². The molecule has 0 heterocycles. The van der Waals surface area contributed by atoms with E-state index in [0.717, 1.165) is 11.6 Å². The second-order valence-corrected chi connectivity index (χ2v) is 4.41. The average Bonchev–Trinajstić information content (AvgIpc) is 2.36. The van der Waals surface area contributed by atoms with Gasteiger partial charge in [-0.1, -0.05) is 29.3 Å². The Balaban J connectivity index is 3.02. The molecule has 1 N–H and O–H groups in total. The third-order valence-electron chi connectivity index (χ3n) is 2.21. The first-order valence-corrected chi connectivity index (χ1v) is 6.12. The summed E-state index contributed by atoms with van der Waals surface area (Å²) in [7, 11) is 1.66. The van der Waals surface area contributed by atoms with Gasteiger partial charge in [-0.25, -0.2) is 0 Å². The number of halogens is 5. The summed E-state index contributed by atoms with van der Waals surface area (Å²) in [4.78, 5) is 0. The Kier molecular flexibility index (Phi) is 5.97. The molecule has 0 fully saturated rings. The number of ether oxygens (including phenoxy) is 1. The van der Waals surface area contributed by atoms with Gasteiger partial charge in [0.25, 0.3) is 0 Å². The molecule has 0 saturated heterocycles. The van der Waals surface area contributed by atoms with Crippen LogP contribution in [-0.4, -0.2) is 13.7 Å². The van der Waals surface area contributed by atoms with Crippen LogP contribution in [-0.2, 0) is 12.7 Å². The van der Waals surface area contributed by atoms with Crippen LogP contribution >= 0.6 is 23.2 Å². The van der Waals surface area contributed by atoms with Crippen LogP contribution in [0.15, 0.2) is 28.8 Å². The highest BCUT2D eigenvalue weighted by Gasteiger charge is 2.34. The second-order valence-electron chi connectivity index (χ2n) is 3.70. The van der Waals surface area contributed by atoms with E-state index < -0.39 is 11.7 Å². The van der Waals surface area contributed by atoms with E-state index in [1.807, 2.05) is 0 Å². The van der Waals surface area contributed by atoms with E-state index >= 15 is 0 Å². The van der Waals surface area contributed by atoms with Crippen LogP contribution in [0.3, 0.4) is 0 Å². The van der Waals surface area contributed by atoms with Gasteiger partial charge in [0.1, 0.15) is 12.4 Å². The minimum absolute atomic E-state index is 0.120. The number of alkyl halides is 3. The zero-order valence-corrected chi connectivity index (χ0v) is 11.5. The molecule has 1 aromatic rings. The predicted molar refractivity (Wildman–Crippen MR) is 69.5 cm³/mol. The maximum absolute atomic E-state index is 12.9. The lowest BCUT2D eigenvalue weighted by atomic mass is 10.1. The monoisotopic (exact) mass is 313 g/mol. The Morgan fingerprint density at radius 3 is 2.63 bits per heavy atom. The van der Waals surface area contributed by atoms with Crippen LogP contribution in [0.1, 0.15) is 11.1 Å². The maximum atomic E-state index is 12.9. The van der Waals surface area contributed by atoms with Crippen LogP contribution in [0.2, 0.25) is 0 Å². The summed E-state index contributed by atoms with van der Waals surface area (Å²) in [6, 6.07) is 3.87. The zero-order valence-electron chi connectivity index (χ0n) is 10.0. The lowest BCUT2D eigenvalue weighted by molar-refractivity contribution is -0.138. The zero-order chi connectivity index (χ0) is 14.5. The smallest absolute Gasteiger partial charge is 0.419 e. The lowest BCUT2D eigenvalue weighted by Crippen LogP contribution is -2.12. The van der Waals surface area contributed by atoms with Crippen molar-refractivity contribution in [3.63, 3.8) is 0 Å². The Bertz CT molecular complexity index is 461. The normalized spacial score (nSPS) is 12.6. The molecule has 0 aliphatic heterocycles. The minimum atomic E-state index is -4.49. The molecule has 7 heteroatoms. The highest BCUT2D eigenvalue weighted by Crippen LogP contribution is 2.37. The van der Waals surface area contributed by atoms with E-state index in [9.17, 15) is 13.2 Å². The largest absolute Gasteiger partial charge is 0.487 e. The van der Waals surface area contributed by atoms with Crippen LogP contribution in [0, 0.1) is 0 Å². The molecule has 0 atom stereocenters. The molecule has 0 bridgehead atoms. The van der Waals surface area contributed by atoms with Crippen molar-refractivity contribution >= 4 is 23.2 Å². The molecule has 0 aliphatic rings. The van der Waals surface area contributed by atoms with E-state index in [1.54, 1.807) is 13.1 Å². The quantitative estimate of drug-likeness (QED) is 0.882. The first-order chi connectivity index (χ1) is 8.88. The van der Waals surface area contributed by atoms with Gasteiger partial charge in [-0.15, -0.1) is 0 Å². The third kappa shape index (κ3) is 4.93. The molecule has 0 radical (unpaired) electrons. The fraction of sp³-hybridized carbons (Fsp3) is 0.333. The summed E-state index contributed by atoms with van der Waals surface area (Å²) in [6.07, 6.45) is -4.49. The molecule has 0 spiro atoms. The van der Waals surface area contributed by atoms with Crippen molar-refractivity contribution in [2.45, 2.75) is 12.7 Å². The molecule has 19 heavy (non-hydrogen) atoms.